The van der Waals surface area contributed by atoms with Crippen molar-refractivity contribution in [3.63, 3.8) is 0 Å². The van der Waals surface area contributed by atoms with Gasteiger partial charge in [-0.25, -0.2) is 4.79 Å². The quantitative estimate of drug-likeness (QED) is 0.229. The van der Waals surface area contributed by atoms with Crippen LogP contribution in [-0.4, -0.2) is 58.7 Å². The Morgan fingerprint density at radius 2 is 1.52 bits per heavy atom. The van der Waals surface area contributed by atoms with Crippen LogP contribution in [0.15, 0.2) is 30.3 Å². The summed E-state index contributed by atoms with van der Waals surface area (Å²) in [5.74, 6) is -3.49. The van der Waals surface area contributed by atoms with Gasteiger partial charge in [0, 0.05) is 5.75 Å². The molecule has 5 atom stereocenters. The van der Waals surface area contributed by atoms with Crippen molar-refractivity contribution >= 4 is 36.3 Å². The number of hydrogen-bond acceptors (Lipinski definition) is 6. The van der Waals surface area contributed by atoms with Crippen LogP contribution in [0.1, 0.15) is 39.7 Å². The zero-order valence-corrected chi connectivity index (χ0v) is 20.5. The second-order valence-corrected chi connectivity index (χ2v) is 8.85. The first-order valence-electron chi connectivity index (χ1n) is 11.1. The molecule has 3 amide bonds. The predicted molar refractivity (Wildman–Crippen MR) is 130 cm³/mol. The molecule has 1 aromatic carbocycles. The third-order valence-electron chi connectivity index (χ3n) is 5.47. The number of carboxylic acids is 1. The van der Waals surface area contributed by atoms with E-state index in [1.54, 1.807) is 20.8 Å². The molecular formula is C23H36N4O5S. The topological polar surface area (TPSA) is 151 Å². The van der Waals surface area contributed by atoms with Gasteiger partial charge in [0.1, 0.15) is 18.1 Å². The number of nitrogens with one attached hydrogen (secondary N) is 3. The third-order valence-corrected chi connectivity index (χ3v) is 5.84. The van der Waals surface area contributed by atoms with E-state index in [0.29, 0.717) is 12.8 Å². The van der Waals surface area contributed by atoms with E-state index in [1.165, 1.54) is 0 Å². The van der Waals surface area contributed by atoms with Gasteiger partial charge in [-0.2, -0.15) is 12.6 Å². The van der Waals surface area contributed by atoms with Crippen molar-refractivity contribution in [3.8, 4) is 0 Å². The molecule has 0 radical (unpaired) electrons. The summed E-state index contributed by atoms with van der Waals surface area (Å²) < 4.78 is 0. The van der Waals surface area contributed by atoms with Crippen molar-refractivity contribution in [2.75, 3.05) is 5.75 Å². The van der Waals surface area contributed by atoms with Gasteiger partial charge in [-0.3, -0.25) is 14.4 Å². The number of carboxylic acid groups (broad SMARTS) is 1. The summed E-state index contributed by atoms with van der Waals surface area (Å²) >= 11 is 4.13. The smallest absolute Gasteiger partial charge is 0.326 e. The third kappa shape index (κ3) is 9.05. The van der Waals surface area contributed by atoms with Gasteiger partial charge in [0.2, 0.25) is 17.7 Å². The highest BCUT2D eigenvalue weighted by Crippen LogP contribution is 2.09. The molecular weight excluding hydrogens is 444 g/mol. The zero-order valence-electron chi connectivity index (χ0n) is 19.6. The zero-order chi connectivity index (χ0) is 25.1. The highest BCUT2D eigenvalue weighted by molar-refractivity contribution is 7.80. The summed E-state index contributed by atoms with van der Waals surface area (Å²) in [6, 6.07) is 5.35. The number of carbonyl (C=O) groups excluding carboxylic acids is 3. The van der Waals surface area contributed by atoms with Gasteiger partial charge in [0.05, 0.1) is 6.04 Å². The van der Waals surface area contributed by atoms with E-state index >= 15 is 0 Å². The van der Waals surface area contributed by atoms with Gasteiger partial charge >= 0.3 is 5.97 Å². The molecule has 1 aromatic rings. The molecule has 0 bridgehead atoms. The van der Waals surface area contributed by atoms with E-state index < -0.39 is 47.9 Å². The minimum absolute atomic E-state index is 0.0449. The molecule has 0 heterocycles. The Balaban J connectivity index is 2.81. The van der Waals surface area contributed by atoms with Crippen LogP contribution in [-0.2, 0) is 25.6 Å². The van der Waals surface area contributed by atoms with E-state index in [-0.39, 0.29) is 17.6 Å². The van der Waals surface area contributed by atoms with Gasteiger partial charge in [-0.1, -0.05) is 64.4 Å². The largest absolute Gasteiger partial charge is 0.480 e. The average molecular weight is 481 g/mol. The average Bonchev–Trinajstić information content (AvgIpc) is 2.78. The number of benzene rings is 1. The lowest BCUT2D eigenvalue weighted by molar-refractivity contribution is -0.143. The van der Waals surface area contributed by atoms with Crippen molar-refractivity contribution in [2.45, 2.75) is 64.7 Å². The Morgan fingerprint density at radius 1 is 0.939 bits per heavy atom. The predicted octanol–water partition coefficient (Wildman–Crippen LogP) is 0.727. The number of aliphatic carboxylic acids is 1. The lowest BCUT2D eigenvalue weighted by atomic mass is 9.99. The van der Waals surface area contributed by atoms with E-state index in [2.05, 4.69) is 28.6 Å². The van der Waals surface area contributed by atoms with Crippen LogP contribution >= 0.6 is 12.6 Å². The lowest BCUT2D eigenvalue weighted by Crippen LogP contribution is -2.59. The van der Waals surface area contributed by atoms with Gasteiger partial charge in [-0.05, 0) is 23.8 Å². The molecule has 10 heteroatoms. The first-order valence-corrected chi connectivity index (χ1v) is 11.7. The fourth-order valence-corrected chi connectivity index (χ4v) is 3.41. The van der Waals surface area contributed by atoms with Crippen LogP contribution in [0.4, 0.5) is 0 Å². The van der Waals surface area contributed by atoms with Gasteiger partial charge in [0.15, 0.2) is 0 Å². The summed E-state index contributed by atoms with van der Waals surface area (Å²) in [6.45, 7) is 7.05. The Bertz CT molecular complexity index is 805. The summed E-state index contributed by atoms with van der Waals surface area (Å²) in [7, 11) is 0. The Morgan fingerprint density at radius 3 is 2.00 bits per heavy atom. The fraction of sp³-hybridized carbons (Fsp3) is 0.565. The molecule has 0 aromatic heterocycles. The van der Waals surface area contributed by atoms with Crippen LogP contribution in [0.2, 0.25) is 0 Å². The molecule has 0 saturated carbocycles. The van der Waals surface area contributed by atoms with E-state index in [1.807, 2.05) is 37.3 Å². The molecule has 1 rings (SSSR count). The maximum atomic E-state index is 12.9. The monoisotopic (exact) mass is 480 g/mol. The molecule has 184 valence electrons. The molecule has 0 unspecified atom stereocenters. The van der Waals surface area contributed by atoms with E-state index in [0.717, 1.165) is 5.56 Å². The highest BCUT2D eigenvalue weighted by atomic mass is 32.1. The van der Waals surface area contributed by atoms with E-state index in [9.17, 15) is 24.3 Å². The highest BCUT2D eigenvalue weighted by Gasteiger charge is 2.32. The molecule has 0 fully saturated rings. The van der Waals surface area contributed by atoms with Crippen molar-refractivity contribution in [1.82, 2.24) is 16.0 Å². The van der Waals surface area contributed by atoms with E-state index in [4.69, 9.17) is 5.73 Å². The Kier molecular flexibility index (Phi) is 11.9. The SMILES string of the molecule is CC[C@H](C)[C@H](NC(=O)[C@H](CS)NC(=O)[C@@H](NC(=O)[C@@H](N)Cc1ccccc1)C(C)C)C(=O)O. The summed E-state index contributed by atoms with van der Waals surface area (Å²) in [5.41, 5.74) is 6.92. The van der Waals surface area contributed by atoms with Crippen LogP contribution < -0.4 is 21.7 Å². The van der Waals surface area contributed by atoms with Crippen molar-refractivity contribution in [3.05, 3.63) is 35.9 Å². The van der Waals surface area contributed by atoms with Crippen LogP contribution in [0.3, 0.4) is 0 Å². The van der Waals surface area contributed by atoms with Gasteiger partial charge in [0.25, 0.3) is 0 Å². The second kappa shape index (κ2) is 13.8. The first kappa shape index (κ1) is 28.4. The van der Waals surface area contributed by atoms with Gasteiger partial charge < -0.3 is 26.8 Å². The number of thiol groups is 1. The normalized spacial score (nSPS) is 15.6. The van der Waals surface area contributed by atoms with Crippen molar-refractivity contribution in [1.29, 1.82) is 0 Å². The summed E-state index contributed by atoms with van der Waals surface area (Å²) in [5, 5.41) is 17.1. The summed E-state index contributed by atoms with van der Waals surface area (Å²) in [4.78, 5) is 49.6. The van der Waals surface area contributed by atoms with Crippen LogP contribution in [0.25, 0.3) is 0 Å². The Labute approximate surface area is 200 Å². The van der Waals surface area contributed by atoms with Crippen molar-refractivity contribution in [2.24, 2.45) is 17.6 Å². The molecule has 6 N–H and O–H groups in total. The van der Waals surface area contributed by atoms with Gasteiger partial charge in [-0.15, -0.1) is 0 Å². The maximum absolute atomic E-state index is 12.9. The van der Waals surface area contributed by atoms with Crippen LogP contribution in [0, 0.1) is 11.8 Å². The van der Waals surface area contributed by atoms with Crippen molar-refractivity contribution < 1.29 is 24.3 Å². The minimum Gasteiger partial charge on any atom is -0.480 e. The number of hydrogen-bond donors (Lipinski definition) is 6. The molecule has 0 aliphatic heterocycles. The number of carbonyl (C=O) groups is 4. The number of nitrogens with two attached hydrogens (primary N) is 1. The lowest BCUT2D eigenvalue weighted by Gasteiger charge is -2.27. The molecule has 0 spiro atoms. The number of rotatable bonds is 13. The molecule has 0 aliphatic carbocycles. The summed E-state index contributed by atoms with van der Waals surface area (Å²) in [6.07, 6.45) is 0.868. The van der Waals surface area contributed by atoms with Crippen LogP contribution in [0.5, 0.6) is 0 Å². The maximum Gasteiger partial charge on any atom is 0.326 e. The minimum atomic E-state index is -1.15. The second-order valence-electron chi connectivity index (χ2n) is 8.48. The first-order chi connectivity index (χ1) is 15.5. The molecule has 33 heavy (non-hydrogen) atoms. The fourth-order valence-electron chi connectivity index (χ4n) is 3.15. The molecule has 0 aliphatic rings. The standard InChI is InChI=1S/C23H36N4O5S/c1-5-14(4)19(23(31)32)27-21(29)17(12-33)25-22(30)18(13(2)3)26-20(28)16(24)11-15-9-7-6-8-10-15/h6-10,13-14,16-19,33H,5,11-12,24H2,1-4H3,(H,25,30)(H,26,28)(H,27,29)(H,31,32)/t14-,16-,17-,18-,19-/m0/s1. The number of amides is 3. The Hall–Kier alpha value is -2.59. The molecule has 0 saturated heterocycles. The molecule has 9 nitrogen and oxygen atoms in total.